The molecular weight excluding hydrogens is 380 g/mol. The number of hydrogen-bond acceptors (Lipinski definition) is 4. The number of hydrogen-bond donors (Lipinski definition) is 1. The van der Waals surface area contributed by atoms with Crippen molar-refractivity contribution in [3.05, 3.63) is 45.6 Å². The van der Waals surface area contributed by atoms with Crippen LogP contribution < -0.4 is 5.32 Å². The van der Waals surface area contributed by atoms with Crippen LogP contribution in [0.5, 0.6) is 0 Å². The van der Waals surface area contributed by atoms with Crippen LogP contribution in [0, 0.1) is 5.92 Å². The van der Waals surface area contributed by atoms with E-state index in [1.807, 2.05) is 0 Å². The highest BCUT2D eigenvalue weighted by atomic mass is 35.5. The van der Waals surface area contributed by atoms with Crippen molar-refractivity contribution in [3.8, 4) is 0 Å². The van der Waals surface area contributed by atoms with Gasteiger partial charge in [-0.3, -0.25) is 4.79 Å². The molecule has 8 heteroatoms. The number of nitrogens with zero attached hydrogens (tertiary/aromatic N) is 1. The lowest BCUT2D eigenvalue weighted by atomic mass is 10.0. The van der Waals surface area contributed by atoms with Gasteiger partial charge in [0, 0.05) is 24.2 Å². The smallest absolute Gasteiger partial charge is 0.256 e. The molecule has 0 saturated carbocycles. The van der Waals surface area contributed by atoms with Crippen molar-refractivity contribution in [1.82, 2.24) is 4.31 Å². The van der Waals surface area contributed by atoms with Gasteiger partial charge < -0.3 is 5.32 Å². The second-order valence-corrected chi connectivity index (χ2v) is 9.69. The lowest BCUT2D eigenvalue weighted by molar-refractivity contribution is 0.102. The largest absolute Gasteiger partial charge is 0.322 e. The molecule has 0 radical (unpaired) electrons. The SMILES string of the molecule is CC1CCN(S(=O)(=O)c2ccc(NC(=O)c3csc(Cl)c3)cc2)CC1. The van der Waals surface area contributed by atoms with E-state index < -0.39 is 10.0 Å². The first-order chi connectivity index (χ1) is 11.9. The standard InChI is InChI=1S/C17H19ClN2O3S2/c1-12-6-8-20(9-7-12)25(22,23)15-4-2-14(3-5-15)19-17(21)13-10-16(18)24-11-13/h2-5,10-12H,6-9H2,1H3,(H,19,21). The molecule has 1 fully saturated rings. The third-order valence-electron chi connectivity index (χ3n) is 4.32. The van der Waals surface area contributed by atoms with Crippen molar-refractivity contribution < 1.29 is 13.2 Å². The molecule has 0 atom stereocenters. The van der Waals surface area contributed by atoms with Crippen LogP contribution >= 0.6 is 22.9 Å². The lowest BCUT2D eigenvalue weighted by Gasteiger charge is -2.29. The Morgan fingerprint density at radius 3 is 2.44 bits per heavy atom. The third kappa shape index (κ3) is 4.23. The summed E-state index contributed by atoms with van der Waals surface area (Å²) in [5.41, 5.74) is 1.02. The lowest BCUT2D eigenvalue weighted by Crippen LogP contribution is -2.37. The number of piperidine rings is 1. The van der Waals surface area contributed by atoms with Gasteiger partial charge in [-0.1, -0.05) is 18.5 Å². The van der Waals surface area contributed by atoms with Crippen LogP contribution in [-0.2, 0) is 10.0 Å². The maximum Gasteiger partial charge on any atom is 0.256 e. The topological polar surface area (TPSA) is 66.5 Å². The second-order valence-electron chi connectivity index (χ2n) is 6.20. The molecule has 134 valence electrons. The van der Waals surface area contributed by atoms with Gasteiger partial charge >= 0.3 is 0 Å². The fourth-order valence-electron chi connectivity index (χ4n) is 2.72. The zero-order chi connectivity index (χ0) is 18.0. The maximum atomic E-state index is 12.7. The quantitative estimate of drug-likeness (QED) is 0.843. The number of sulfonamides is 1. The fourth-order valence-corrected chi connectivity index (χ4v) is 5.05. The summed E-state index contributed by atoms with van der Waals surface area (Å²) in [4.78, 5) is 12.3. The summed E-state index contributed by atoms with van der Waals surface area (Å²) >= 11 is 7.11. The Kier molecular flexibility index (Phi) is 5.48. The predicted octanol–water partition coefficient (Wildman–Crippen LogP) is 4.07. The summed E-state index contributed by atoms with van der Waals surface area (Å²) in [5.74, 6) is 0.290. The van der Waals surface area contributed by atoms with E-state index in [1.54, 1.807) is 23.6 Å². The van der Waals surface area contributed by atoms with Gasteiger partial charge in [-0.05, 0) is 49.1 Å². The van der Waals surface area contributed by atoms with E-state index in [1.165, 1.54) is 27.8 Å². The van der Waals surface area contributed by atoms with Crippen LogP contribution in [0.4, 0.5) is 5.69 Å². The molecular formula is C17H19ClN2O3S2. The zero-order valence-electron chi connectivity index (χ0n) is 13.7. The summed E-state index contributed by atoms with van der Waals surface area (Å²) < 4.78 is 27.4. The Labute approximate surface area is 156 Å². The molecule has 1 saturated heterocycles. The minimum atomic E-state index is -3.47. The molecule has 2 heterocycles. The third-order valence-corrected chi connectivity index (χ3v) is 7.33. The van der Waals surface area contributed by atoms with Crippen molar-refractivity contribution in [2.24, 2.45) is 5.92 Å². The number of halogens is 1. The van der Waals surface area contributed by atoms with Gasteiger partial charge in [0.2, 0.25) is 10.0 Å². The highest BCUT2D eigenvalue weighted by Crippen LogP contribution is 2.25. The molecule has 5 nitrogen and oxygen atoms in total. The molecule has 1 aromatic heterocycles. The molecule has 1 aromatic carbocycles. The average Bonchev–Trinajstić information content (AvgIpc) is 3.02. The van der Waals surface area contributed by atoms with E-state index in [0.29, 0.717) is 34.6 Å². The molecule has 1 aliphatic rings. The number of carbonyl (C=O) groups excluding carboxylic acids is 1. The van der Waals surface area contributed by atoms with Crippen molar-refractivity contribution in [2.75, 3.05) is 18.4 Å². The zero-order valence-corrected chi connectivity index (χ0v) is 16.1. The minimum Gasteiger partial charge on any atom is -0.322 e. The summed E-state index contributed by atoms with van der Waals surface area (Å²) in [6, 6.07) is 7.86. The summed E-state index contributed by atoms with van der Waals surface area (Å²) in [5, 5.41) is 4.41. The normalized spacial score (nSPS) is 16.7. The number of nitrogens with one attached hydrogen (secondary N) is 1. The number of anilines is 1. The van der Waals surface area contributed by atoms with E-state index in [4.69, 9.17) is 11.6 Å². The first-order valence-electron chi connectivity index (χ1n) is 8.02. The monoisotopic (exact) mass is 398 g/mol. The van der Waals surface area contributed by atoms with Crippen LogP contribution in [-0.4, -0.2) is 31.7 Å². The van der Waals surface area contributed by atoms with Crippen molar-refractivity contribution in [3.63, 3.8) is 0 Å². The molecule has 1 aliphatic heterocycles. The predicted molar refractivity (Wildman–Crippen MR) is 101 cm³/mol. The summed E-state index contributed by atoms with van der Waals surface area (Å²) in [6.45, 7) is 3.25. The summed E-state index contributed by atoms with van der Waals surface area (Å²) in [7, 11) is -3.47. The van der Waals surface area contributed by atoms with Gasteiger partial charge in [-0.25, -0.2) is 8.42 Å². The number of benzene rings is 1. The highest BCUT2D eigenvalue weighted by molar-refractivity contribution is 7.89. The fraction of sp³-hybridized carbons (Fsp3) is 0.353. The van der Waals surface area contributed by atoms with Gasteiger partial charge in [0.15, 0.2) is 0 Å². The first-order valence-corrected chi connectivity index (χ1v) is 10.7. The molecule has 1 N–H and O–H groups in total. The van der Waals surface area contributed by atoms with E-state index in [2.05, 4.69) is 12.2 Å². The van der Waals surface area contributed by atoms with Crippen molar-refractivity contribution in [1.29, 1.82) is 0 Å². The molecule has 0 aliphatic carbocycles. The number of carbonyl (C=O) groups is 1. The minimum absolute atomic E-state index is 0.249. The van der Waals surface area contributed by atoms with Crippen LogP contribution in [0.3, 0.4) is 0 Å². The van der Waals surface area contributed by atoms with Gasteiger partial charge in [0.1, 0.15) is 0 Å². The molecule has 0 unspecified atom stereocenters. The van der Waals surface area contributed by atoms with Gasteiger partial charge in [0.25, 0.3) is 5.91 Å². The van der Waals surface area contributed by atoms with Gasteiger partial charge in [-0.2, -0.15) is 4.31 Å². The number of thiophene rings is 1. The maximum absolute atomic E-state index is 12.7. The second kappa shape index (κ2) is 7.45. The molecule has 0 bridgehead atoms. The molecule has 2 aromatic rings. The van der Waals surface area contributed by atoms with Crippen LogP contribution in [0.1, 0.15) is 30.1 Å². The molecule has 0 spiro atoms. The molecule has 1 amide bonds. The van der Waals surface area contributed by atoms with Crippen LogP contribution in [0.25, 0.3) is 0 Å². The molecule has 25 heavy (non-hydrogen) atoms. The van der Waals surface area contributed by atoms with Crippen molar-refractivity contribution >= 4 is 44.6 Å². The van der Waals surface area contributed by atoms with Crippen LogP contribution in [0.2, 0.25) is 4.34 Å². The Balaban J connectivity index is 1.70. The van der Waals surface area contributed by atoms with Gasteiger partial charge in [-0.15, -0.1) is 11.3 Å². The average molecular weight is 399 g/mol. The number of amides is 1. The highest BCUT2D eigenvalue weighted by Gasteiger charge is 2.27. The van der Waals surface area contributed by atoms with E-state index >= 15 is 0 Å². The first kappa shape index (κ1) is 18.4. The Morgan fingerprint density at radius 1 is 1.24 bits per heavy atom. The Morgan fingerprint density at radius 2 is 1.88 bits per heavy atom. The van der Waals surface area contributed by atoms with Crippen molar-refractivity contribution in [2.45, 2.75) is 24.7 Å². The molecule has 3 rings (SSSR count). The van der Waals surface area contributed by atoms with E-state index in [0.717, 1.165) is 12.8 Å². The number of rotatable bonds is 4. The van der Waals surface area contributed by atoms with Gasteiger partial charge in [0.05, 0.1) is 14.8 Å². The van der Waals surface area contributed by atoms with E-state index in [-0.39, 0.29) is 10.8 Å². The van der Waals surface area contributed by atoms with E-state index in [9.17, 15) is 13.2 Å². The Hall–Kier alpha value is -1.41. The van der Waals surface area contributed by atoms with Crippen LogP contribution in [0.15, 0.2) is 40.6 Å². The Bertz CT molecular complexity index is 854. The summed E-state index contributed by atoms with van der Waals surface area (Å²) in [6.07, 6.45) is 1.77.